The van der Waals surface area contributed by atoms with E-state index in [0.717, 1.165) is 15.8 Å². The van der Waals surface area contributed by atoms with Crippen molar-refractivity contribution in [3.63, 3.8) is 0 Å². The molecule has 8 nitrogen and oxygen atoms in total. The Hall–Kier alpha value is -3.94. The van der Waals surface area contributed by atoms with E-state index >= 15 is 0 Å². The molecule has 3 aromatic rings. The van der Waals surface area contributed by atoms with E-state index in [1.165, 1.54) is 4.90 Å². The fraction of sp³-hybridized carbons (Fsp3) is 0.333. The number of rotatable bonds is 3. The number of hydrogen-bond donors (Lipinski definition) is 1. The number of carbonyl (C=O) groups excluding carboxylic acids is 2. The fourth-order valence-electron chi connectivity index (χ4n) is 4.52. The average molecular weight is 476 g/mol. The molecule has 35 heavy (non-hydrogen) atoms. The van der Waals surface area contributed by atoms with E-state index in [2.05, 4.69) is 4.98 Å². The zero-order valence-corrected chi connectivity index (χ0v) is 20.0. The van der Waals surface area contributed by atoms with Gasteiger partial charge in [-0.25, -0.2) is 14.5 Å². The summed E-state index contributed by atoms with van der Waals surface area (Å²) in [5, 5.41) is 10.4. The second-order valence-electron chi connectivity index (χ2n) is 9.65. The lowest BCUT2D eigenvalue weighted by molar-refractivity contribution is -0.124. The number of ether oxygens (including phenoxy) is 1. The first-order chi connectivity index (χ1) is 16.7. The Balaban J connectivity index is 1.82. The molecule has 2 atom stereocenters. The average Bonchev–Trinajstić information content (AvgIpc) is 2.83. The van der Waals surface area contributed by atoms with Gasteiger partial charge in [-0.15, -0.1) is 0 Å². The Kier molecular flexibility index (Phi) is 6.73. The maximum Gasteiger partial charge on any atom is 0.421 e. The van der Waals surface area contributed by atoms with Gasteiger partial charge in [0.1, 0.15) is 5.60 Å². The maximum absolute atomic E-state index is 14.2. The number of aromatic nitrogens is 1. The van der Waals surface area contributed by atoms with Gasteiger partial charge in [0, 0.05) is 24.7 Å². The predicted octanol–water partition coefficient (Wildman–Crippen LogP) is 5.29. The van der Waals surface area contributed by atoms with Gasteiger partial charge in [0.2, 0.25) is 5.91 Å². The number of anilines is 1. The monoisotopic (exact) mass is 475 g/mol. The third kappa shape index (κ3) is 5.26. The molecule has 4 rings (SSSR count). The summed E-state index contributed by atoms with van der Waals surface area (Å²) >= 11 is 0. The minimum Gasteiger partial charge on any atom is -0.465 e. The fourth-order valence-corrected chi connectivity index (χ4v) is 4.52. The van der Waals surface area contributed by atoms with Crippen molar-refractivity contribution in [3.8, 4) is 0 Å². The Morgan fingerprint density at radius 2 is 1.74 bits per heavy atom. The predicted molar refractivity (Wildman–Crippen MR) is 132 cm³/mol. The number of nitrogens with zero attached hydrogens (tertiary/aromatic N) is 3. The number of pyridine rings is 1. The van der Waals surface area contributed by atoms with Crippen LogP contribution in [0.3, 0.4) is 0 Å². The number of piperidine rings is 1. The second-order valence-corrected chi connectivity index (χ2v) is 9.65. The lowest BCUT2D eigenvalue weighted by atomic mass is 9.79. The number of para-hydroxylation sites is 1. The van der Waals surface area contributed by atoms with Crippen LogP contribution < -0.4 is 4.90 Å². The standard InChI is InChI=1S/C27H29N3O5/c1-27(2,3)35-26(34)30(22-13-7-11-19-12-8-15-28-23(19)22)24(31)21-17-29(25(32)33)16-14-20(21)18-9-5-4-6-10-18/h4-13,15,20-21H,14,16-17H2,1-3H3,(H,32,33). The van der Waals surface area contributed by atoms with Gasteiger partial charge >= 0.3 is 12.2 Å². The molecule has 182 valence electrons. The third-order valence-corrected chi connectivity index (χ3v) is 6.08. The molecule has 0 aliphatic carbocycles. The lowest BCUT2D eigenvalue weighted by Gasteiger charge is -2.38. The molecule has 0 spiro atoms. The first-order valence-corrected chi connectivity index (χ1v) is 11.6. The molecule has 1 N–H and O–H groups in total. The van der Waals surface area contributed by atoms with Crippen LogP contribution in [0.25, 0.3) is 10.9 Å². The Bertz CT molecular complexity index is 1230. The summed E-state index contributed by atoms with van der Waals surface area (Å²) in [7, 11) is 0. The normalized spacial score (nSPS) is 18.2. The van der Waals surface area contributed by atoms with E-state index in [1.54, 1.807) is 45.2 Å². The molecule has 2 unspecified atom stereocenters. The Morgan fingerprint density at radius 1 is 1.03 bits per heavy atom. The largest absolute Gasteiger partial charge is 0.465 e. The van der Waals surface area contributed by atoms with E-state index in [9.17, 15) is 19.5 Å². The molecule has 0 saturated carbocycles. The van der Waals surface area contributed by atoms with Gasteiger partial charge in [0.05, 0.1) is 17.1 Å². The summed E-state index contributed by atoms with van der Waals surface area (Å²) < 4.78 is 5.64. The maximum atomic E-state index is 14.2. The summed E-state index contributed by atoms with van der Waals surface area (Å²) in [6.07, 6.45) is 0.149. The van der Waals surface area contributed by atoms with E-state index in [-0.39, 0.29) is 12.5 Å². The first-order valence-electron chi connectivity index (χ1n) is 11.6. The van der Waals surface area contributed by atoms with E-state index < -0.39 is 29.6 Å². The molecule has 1 fully saturated rings. The number of amides is 3. The molecule has 2 heterocycles. The number of carboxylic acid groups (broad SMARTS) is 1. The van der Waals surface area contributed by atoms with Crippen LogP contribution in [0.5, 0.6) is 0 Å². The van der Waals surface area contributed by atoms with E-state index in [4.69, 9.17) is 4.74 Å². The molecule has 8 heteroatoms. The van der Waals surface area contributed by atoms with Crippen molar-refractivity contribution in [2.24, 2.45) is 5.92 Å². The quantitative estimate of drug-likeness (QED) is 0.553. The van der Waals surface area contributed by atoms with Crippen molar-refractivity contribution in [3.05, 3.63) is 72.4 Å². The van der Waals surface area contributed by atoms with Crippen molar-refractivity contribution >= 4 is 34.7 Å². The number of imide groups is 1. The zero-order chi connectivity index (χ0) is 25.2. The summed E-state index contributed by atoms with van der Waals surface area (Å²) in [6, 6.07) is 18.4. The van der Waals surface area contributed by atoms with Gasteiger partial charge in [-0.3, -0.25) is 9.78 Å². The highest BCUT2D eigenvalue weighted by molar-refractivity contribution is 6.17. The van der Waals surface area contributed by atoms with Gasteiger partial charge in [0.25, 0.3) is 0 Å². The highest BCUT2D eigenvalue weighted by Crippen LogP contribution is 2.37. The number of likely N-dealkylation sites (tertiary alicyclic amines) is 1. The van der Waals surface area contributed by atoms with Crippen LogP contribution in [-0.2, 0) is 9.53 Å². The van der Waals surface area contributed by atoms with Crippen molar-refractivity contribution in [2.45, 2.75) is 38.7 Å². The van der Waals surface area contributed by atoms with E-state index in [1.807, 2.05) is 42.5 Å². The van der Waals surface area contributed by atoms with Crippen LogP contribution in [0, 0.1) is 5.92 Å². The van der Waals surface area contributed by atoms with Gasteiger partial charge in [-0.2, -0.15) is 0 Å². The SMILES string of the molecule is CC(C)(C)OC(=O)N(C(=O)C1CN(C(=O)O)CCC1c1ccccc1)c1cccc2cccnc12. The third-order valence-electron chi connectivity index (χ3n) is 6.08. The number of carbonyl (C=O) groups is 3. The van der Waals surface area contributed by atoms with Crippen molar-refractivity contribution in [1.82, 2.24) is 9.88 Å². The minimum atomic E-state index is -1.09. The molecule has 1 aromatic heterocycles. The van der Waals surface area contributed by atoms with Gasteiger partial charge < -0.3 is 14.7 Å². The summed E-state index contributed by atoms with van der Waals surface area (Å²) in [5.41, 5.74) is 0.876. The van der Waals surface area contributed by atoms with Crippen molar-refractivity contribution < 1.29 is 24.2 Å². The molecular formula is C27H29N3O5. The zero-order valence-electron chi connectivity index (χ0n) is 20.0. The molecule has 0 radical (unpaired) electrons. The van der Waals surface area contributed by atoms with Crippen LogP contribution >= 0.6 is 0 Å². The Morgan fingerprint density at radius 3 is 2.43 bits per heavy atom. The van der Waals surface area contributed by atoms with Gasteiger partial charge in [-0.1, -0.05) is 48.5 Å². The van der Waals surface area contributed by atoms with Gasteiger partial charge in [0.15, 0.2) is 0 Å². The lowest BCUT2D eigenvalue weighted by Crippen LogP contribution is -2.52. The Labute approximate surface area is 204 Å². The molecule has 3 amide bonds. The molecule has 0 bridgehead atoms. The van der Waals surface area contributed by atoms with Crippen LogP contribution in [0.2, 0.25) is 0 Å². The highest BCUT2D eigenvalue weighted by Gasteiger charge is 2.42. The van der Waals surface area contributed by atoms with Crippen LogP contribution in [0.15, 0.2) is 66.9 Å². The van der Waals surface area contributed by atoms with Crippen molar-refractivity contribution in [2.75, 3.05) is 18.0 Å². The van der Waals surface area contributed by atoms with Crippen LogP contribution in [-0.4, -0.2) is 51.8 Å². The molecular weight excluding hydrogens is 446 g/mol. The number of hydrogen-bond acceptors (Lipinski definition) is 5. The topological polar surface area (TPSA) is 100 Å². The highest BCUT2D eigenvalue weighted by atomic mass is 16.6. The summed E-state index contributed by atoms with van der Waals surface area (Å²) in [6.45, 7) is 5.48. The summed E-state index contributed by atoms with van der Waals surface area (Å²) in [5.74, 6) is -1.56. The number of fused-ring (bicyclic) bond motifs is 1. The van der Waals surface area contributed by atoms with E-state index in [0.29, 0.717) is 24.2 Å². The number of benzene rings is 2. The van der Waals surface area contributed by atoms with Crippen LogP contribution in [0.4, 0.5) is 15.3 Å². The van der Waals surface area contributed by atoms with Crippen LogP contribution in [0.1, 0.15) is 38.7 Å². The minimum absolute atomic E-state index is 0.0226. The summed E-state index contributed by atoms with van der Waals surface area (Å²) in [4.78, 5) is 46.2. The molecule has 1 aliphatic heterocycles. The van der Waals surface area contributed by atoms with Crippen molar-refractivity contribution in [1.29, 1.82) is 0 Å². The molecule has 2 aromatic carbocycles. The van der Waals surface area contributed by atoms with Gasteiger partial charge in [-0.05, 0) is 50.8 Å². The second kappa shape index (κ2) is 9.74. The molecule has 1 aliphatic rings. The first kappa shape index (κ1) is 24.2. The molecule has 1 saturated heterocycles. The smallest absolute Gasteiger partial charge is 0.421 e.